The van der Waals surface area contributed by atoms with Crippen LogP contribution in [0.15, 0.2) is 78.4 Å². The second-order valence-electron chi connectivity index (χ2n) is 5.42. The number of benzene rings is 2. The predicted molar refractivity (Wildman–Crippen MR) is 104 cm³/mol. The lowest BCUT2D eigenvalue weighted by Gasteiger charge is -2.34. The molecule has 0 spiro atoms. The molecule has 0 radical (unpaired) electrons. The van der Waals surface area contributed by atoms with Crippen LogP contribution >= 0.6 is 0 Å². The van der Waals surface area contributed by atoms with Gasteiger partial charge in [0.15, 0.2) is 0 Å². The lowest BCUT2D eigenvalue weighted by Crippen LogP contribution is -2.37. The van der Waals surface area contributed by atoms with Crippen molar-refractivity contribution >= 4 is 5.78 Å². The molecule has 0 saturated carbocycles. The number of halogens is 1. The minimum absolute atomic E-state index is 0.00140. The summed E-state index contributed by atoms with van der Waals surface area (Å²) >= 11 is 0. The van der Waals surface area contributed by atoms with E-state index in [0.717, 1.165) is 16.7 Å². The third kappa shape index (κ3) is 4.14. The van der Waals surface area contributed by atoms with Gasteiger partial charge in [-0.05, 0) is 49.6 Å². The van der Waals surface area contributed by atoms with E-state index in [1.807, 2.05) is 76.3 Å². The fourth-order valence-corrected chi connectivity index (χ4v) is 3.12. The number of rotatable bonds is 5. The second-order valence-corrected chi connectivity index (χ2v) is 5.42. The molecule has 2 aromatic rings. The molecule has 0 bridgehead atoms. The van der Waals surface area contributed by atoms with Crippen LogP contribution in [-0.4, -0.2) is 5.78 Å². The number of hydrogen-bond donors (Lipinski definition) is 0. The van der Waals surface area contributed by atoms with Crippen molar-refractivity contribution in [1.82, 2.24) is 0 Å². The molecule has 0 heterocycles. The summed E-state index contributed by atoms with van der Waals surface area (Å²) in [7, 11) is 0. The van der Waals surface area contributed by atoms with Crippen molar-refractivity contribution in [1.29, 1.82) is 0 Å². The van der Waals surface area contributed by atoms with Crippen molar-refractivity contribution in [2.45, 2.75) is 40.0 Å². The summed E-state index contributed by atoms with van der Waals surface area (Å²) in [6.45, 7) is 9.42. The minimum atomic E-state index is -0.934. The third-order valence-corrected chi connectivity index (χ3v) is 4.10. The first kappa shape index (κ1) is 20.6. The first-order valence-electron chi connectivity index (χ1n) is 8.69. The van der Waals surface area contributed by atoms with E-state index in [1.165, 1.54) is 12.1 Å². The Morgan fingerprint density at radius 2 is 1.44 bits per heavy atom. The van der Waals surface area contributed by atoms with Crippen LogP contribution in [0.4, 0.5) is 4.39 Å². The predicted octanol–water partition coefficient (Wildman–Crippen LogP) is 6.25. The van der Waals surface area contributed by atoms with Gasteiger partial charge in [-0.1, -0.05) is 74.5 Å². The average Bonchev–Trinajstić information content (AvgIpc) is 2.65. The molecule has 1 unspecified atom stereocenters. The molecule has 2 aromatic carbocycles. The van der Waals surface area contributed by atoms with Crippen molar-refractivity contribution in [3.05, 3.63) is 95.3 Å². The zero-order chi connectivity index (χ0) is 18.9. The van der Waals surface area contributed by atoms with Gasteiger partial charge < -0.3 is 0 Å². The van der Waals surface area contributed by atoms with Gasteiger partial charge in [-0.2, -0.15) is 0 Å². The Bertz CT molecular complexity index is 726. The summed E-state index contributed by atoms with van der Waals surface area (Å²) in [5.74, 6) is -0.311. The van der Waals surface area contributed by atoms with Gasteiger partial charge in [-0.15, -0.1) is 0 Å². The molecule has 0 amide bonds. The van der Waals surface area contributed by atoms with Crippen LogP contribution in [0, 0.1) is 5.82 Å². The molecule has 0 aliphatic carbocycles. The van der Waals surface area contributed by atoms with Crippen LogP contribution in [-0.2, 0) is 10.2 Å². The van der Waals surface area contributed by atoms with Crippen LogP contribution in [0.1, 0.15) is 45.7 Å². The summed E-state index contributed by atoms with van der Waals surface area (Å²) in [6, 6.07) is 15.8. The Morgan fingerprint density at radius 1 is 0.920 bits per heavy atom. The van der Waals surface area contributed by atoms with Gasteiger partial charge in [0.1, 0.15) is 17.0 Å². The highest BCUT2D eigenvalue weighted by atomic mass is 19.1. The Balaban J connectivity index is 0.00000151. The molecule has 2 heteroatoms. The van der Waals surface area contributed by atoms with Crippen molar-refractivity contribution in [3.63, 3.8) is 0 Å². The first-order valence-corrected chi connectivity index (χ1v) is 8.69. The lowest BCUT2D eigenvalue weighted by molar-refractivity contribution is -0.119. The van der Waals surface area contributed by atoms with E-state index in [2.05, 4.69) is 0 Å². The number of hydrogen-bond acceptors (Lipinski definition) is 1. The summed E-state index contributed by atoms with van der Waals surface area (Å²) < 4.78 is 13.4. The SMILES string of the molecule is C/C=C\C(=C/C)C(C(C)=O)(c1ccccc1)c1ccc(F)cc1.CC. The molecule has 0 fully saturated rings. The van der Waals surface area contributed by atoms with Crippen LogP contribution < -0.4 is 0 Å². The summed E-state index contributed by atoms with van der Waals surface area (Å²) in [4.78, 5) is 12.9. The fraction of sp³-hybridized carbons (Fsp3) is 0.261. The minimum Gasteiger partial charge on any atom is -0.298 e. The monoisotopic (exact) mass is 338 g/mol. The quantitative estimate of drug-likeness (QED) is 0.589. The van der Waals surface area contributed by atoms with Crippen LogP contribution in [0.2, 0.25) is 0 Å². The van der Waals surface area contributed by atoms with Gasteiger partial charge in [0.2, 0.25) is 0 Å². The van der Waals surface area contributed by atoms with E-state index < -0.39 is 5.41 Å². The van der Waals surface area contributed by atoms with Gasteiger partial charge in [-0.25, -0.2) is 4.39 Å². The highest BCUT2D eigenvalue weighted by Gasteiger charge is 2.41. The molecule has 0 N–H and O–H groups in total. The summed E-state index contributed by atoms with van der Waals surface area (Å²) in [6.07, 6.45) is 5.80. The molecule has 0 saturated heterocycles. The first-order chi connectivity index (χ1) is 12.1. The molecule has 1 atom stereocenters. The zero-order valence-electron chi connectivity index (χ0n) is 15.7. The molecule has 0 aliphatic heterocycles. The molecule has 0 aromatic heterocycles. The highest BCUT2D eigenvalue weighted by molar-refractivity contribution is 5.96. The van der Waals surface area contributed by atoms with E-state index in [4.69, 9.17) is 0 Å². The molecule has 1 nitrogen and oxygen atoms in total. The maximum Gasteiger partial charge on any atom is 0.149 e. The van der Waals surface area contributed by atoms with E-state index in [-0.39, 0.29) is 11.6 Å². The van der Waals surface area contributed by atoms with Crippen molar-refractivity contribution in [3.8, 4) is 0 Å². The molecular weight excluding hydrogens is 311 g/mol. The molecule has 0 aliphatic rings. The molecular formula is C23H27FO. The molecule has 25 heavy (non-hydrogen) atoms. The van der Waals surface area contributed by atoms with Crippen molar-refractivity contribution in [2.75, 3.05) is 0 Å². The van der Waals surface area contributed by atoms with Gasteiger partial charge >= 0.3 is 0 Å². The molecule has 2 rings (SSSR count). The second kappa shape index (κ2) is 9.73. The Hall–Kier alpha value is -2.48. The Labute approximate surface area is 150 Å². The number of carbonyl (C=O) groups is 1. The van der Waals surface area contributed by atoms with Crippen LogP contribution in [0.5, 0.6) is 0 Å². The van der Waals surface area contributed by atoms with Crippen LogP contribution in [0.25, 0.3) is 0 Å². The largest absolute Gasteiger partial charge is 0.298 e. The van der Waals surface area contributed by atoms with Gasteiger partial charge in [0.05, 0.1) is 0 Å². The van der Waals surface area contributed by atoms with E-state index in [0.29, 0.717) is 0 Å². The highest BCUT2D eigenvalue weighted by Crippen LogP contribution is 2.41. The third-order valence-electron chi connectivity index (χ3n) is 4.10. The Morgan fingerprint density at radius 3 is 1.88 bits per heavy atom. The van der Waals surface area contributed by atoms with E-state index in [1.54, 1.807) is 19.1 Å². The fourth-order valence-electron chi connectivity index (χ4n) is 3.12. The standard InChI is InChI=1S/C21H21FO.C2H6/c1-4-9-17(5-2)21(16(3)23,18-10-7-6-8-11-18)19-12-14-20(22)15-13-19;1-2/h4-15H,1-3H3;1-2H3/b9-4-,17-5+;. The van der Waals surface area contributed by atoms with Crippen molar-refractivity contribution in [2.24, 2.45) is 0 Å². The van der Waals surface area contributed by atoms with E-state index in [9.17, 15) is 9.18 Å². The summed E-state index contributed by atoms with van der Waals surface area (Å²) in [5.41, 5.74) is 1.59. The Kier molecular flexibility index (Phi) is 8.00. The van der Waals surface area contributed by atoms with Gasteiger partial charge in [0, 0.05) is 0 Å². The smallest absolute Gasteiger partial charge is 0.149 e. The normalized spacial score (nSPS) is 13.8. The van der Waals surface area contributed by atoms with Gasteiger partial charge in [0.25, 0.3) is 0 Å². The van der Waals surface area contributed by atoms with Crippen molar-refractivity contribution < 1.29 is 9.18 Å². The number of carbonyl (C=O) groups excluding carboxylic acids is 1. The number of ketones is 1. The van der Waals surface area contributed by atoms with E-state index >= 15 is 0 Å². The average molecular weight is 338 g/mol. The number of Topliss-reactive ketones (excluding diaryl/α,β-unsaturated/α-hetero) is 1. The topological polar surface area (TPSA) is 17.1 Å². The maximum atomic E-state index is 13.4. The number of allylic oxidation sites excluding steroid dienone is 4. The summed E-state index contributed by atoms with van der Waals surface area (Å²) in [5, 5.41) is 0. The molecule has 132 valence electrons. The zero-order valence-corrected chi connectivity index (χ0v) is 15.7. The van der Waals surface area contributed by atoms with Gasteiger partial charge in [-0.3, -0.25) is 4.79 Å². The van der Waals surface area contributed by atoms with Crippen LogP contribution in [0.3, 0.4) is 0 Å². The maximum absolute atomic E-state index is 13.4. The lowest BCUT2D eigenvalue weighted by atomic mass is 9.66.